The molecule has 1 aromatic carbocycles. The molecule has 0 fully saturated rings. The van der Waals surface area contributed by atoms with Crippen molar-refractivity contribution in [3.63, 3.8) is 0 Å². The molecule has 0 radical (unpaired) electrons. The Morgan fingerprint density at radius 3 is 2.60 bits per heavy atom. The summed E-state index contributed by atoms with van der Waals surface area (Å²) in [5.74, 6) is 0. The van der Waals surface area contributed by atoms with E-state index in [-0.39, 0.29) is 13.2 Å². The van der Waals surface area contributed by atoms with Gasteiger partial charge in [-0.1, -0.05) is 30.3 Å². The second-order valence-electron chi connectivity index (χ2n) is 3.89. The van der Waals surface area contributed by atoms with E-state index in [4.69, 9.17) is 5.11 Å². The first-order chi connectivity index (χ1) is 7.19. The molecule has 2 rings (SSSR count). The van der Waals surface area contributed by atoms with Crippen LogP contribution in [-0.2, 0) is 6.42 Å². The zero-order valence-corrected chi connectivity index (χ0v) is 8.35. The van der Waals surface area contributed by atoms with E-state index in [2.05, 4.69) is 0 Å². The van der Waals surface area contributed by atoms with Gasteiger partial charge in [0.2, 0.25) is 0 Å². The summed E-state index contributed by atoms with van der Waals surface area (Å²) < 4.78 is 0. The topological polar surface area (TPSA) is 60.7 Å². The van der Waals surface area contributed by atoms with Crippen LogP contribution >= 0.6 is 0 Å². The summed E-state index contributed by atoms with van der Waals surface area (Å²) in [5.41, 5.74) is 1.16. The van der Waals surface area contributed by atoms with Gasteiger partial charge in [-0.25, -0.2) is 0 Å². The average Bonchev–Trinajstić information content (AvgIpc) is 2.28. The molecule has 0 amide bonds. The number of hydrogen-bond donors (Lipinski definition) is 3. The van der Waals surface area contributed by atoms with Gasteiger partial charge in [0.05, 0.1) is 13.2 Å². The van der Waals surface area contributed by atoms with Crippen molar-refractivity contribution in [3.8, 4) is 0 Å². The number of fused-ring (bicyclic) bond motifs is 1. The van der Waals surface area contributed by atoms with Crippen molar-refractivity contribution in [1.82, 2.24) is 0 Å². The molecule has 1 aliphatic rings. The molecule has 0 heterocycles. The van der Waals surface area contributed by atoms with Crippen molar-refractivity contribution in [1.29, 1.82) is 0 Å². The van der Waals surface area contributed by atoms with Crippen LogP contribution in [0.4, 0.5) is 0 Å². The van der Waals surface area contributed by atoms with Crippen molar-refractivity contribution in [2.75, 3.05) is 13.2 Å². The maximum Gasteiger partial charge on any atom is 0.115 e. The van der Waals surface area contributed by atoms with Crippen LogP contribution in [-0.4, -0.2) is 34.1 Å². The fraction of sp³-hybridized carbons (Fsp3) is 0.333. The first kappa shape index (κ1) is 10.4. The summed E-state index contributed by atoms with van der Waals surface area (Å²) in [6.45, 7) is -0.598. The maximum atomic E-state index is 10.1. The summed E-state index contributed by atoms with van der Waals surface area (Å²) in [6.07, 6.45) is 2.10. The Kier molecular flexibility index (Phi) is 2.61. The van der Waals surface area contributed by atoms with E-state index < -0.39 is 5.60 Å². The Labute approximate surface area is 88.3 Å². The van der Waals surface area contributed by atoms with Gasteiger partial charge in [-0.3, -0.25) is 0 Å². The van der Waals surface area contributed by atoms with Crippen molar-refractivity contribution in [3.05, 3.63) is 41.0 Å². The minimum absolute atomic E-state index is 0.231. The molecule has 15 heavy (non-hydrogen) atoms. The van der Waals surface area contributed by atoms with E-state index in [0.29, 0.717) is 12.0 Å². The zero-order chi connectivity index (χ0) is 10.9. The standard InChI is InChI=1S/C12H14O3/c13-7-11-5-9-3-1-2-4-10(9)6-12(11,15)8-14/h1-5,13-15H,6-8H2. The lowest BCUT2D eigenvalue weighted by atomic mass is 9.80. The van der Waals surface area contributed by atoms with Crippen molar-refractivity contribution in [2.45, 2.75) is 12.0 Å². The third-order valence-electron chi connectivity index (χ3n) is 2.90. The van der Waals surface area contributed by atoms with Crippen LogP contribution in [0.15, 0.2) is 29.8 Å². The van der Waals surface area contributed by atoms with Crippen LogP contribution in [0, 0.1) is 0 Å². The van der Waals surface area contributed by atoms with E-state index in [9.17, 15) is 10.2 Å². The molecule has 3 nitrogen and oxygen atoms in total. The third-order valence-corrected chi connectivity index (χ3v) is 2.90. The quantitative estimate of drug-likeness (QED) is 0.654. The summed E-state index contributed by atoms with van der Waals surface area (Å²) >= 11 is 0. The van der Waals surface area contributed by atoms with Crippen molar-refractivity contribution < 1.29 is 15.3 Å². The number of benzene rings is 1. The predicted octanol–water partition coefficient (Wildman–Crippen LogP) is 0.342. The highest BCUT2D eigenvalue weighted by atomic mass is 16.3. The molecule has 80 valence electrons. The van der Waals surface area contributed by atoms with E-state index in [1.165, 1.54) is 0 Å². The molecule has 0 spiro atoms. The van der Waals surface area contributed by atoms with E-state index >= 15 is 0 Å². The molecule has 3 heteroatoms. The van der Waals surface area contributed by atoms with Gasteiger partial charge in [-0.15, -0.1) is 0 Å². The molecule has 3 N–H and O–H groups in total. The lowest BCUT2D eigenvalue weighted by Crippen LogP contribution is -2.41. The summed E-state index contributed by atoms with van der Waals surface area (Å²) in [6, 6.07) is 7.66. The number of aliphatic hydroxyl groups excluding tert-OH is 2. The third kappa shape index (κ3) is 1.69. The molecule has 0 aromatic heterocycles. The smallest absolute Gasteiger partial charge is 0.115 e. The Bertz CT molecular complexity index is 398. The predicted molar refractivity (Wildman–Crippen MR) is 57.2 cm³/mol. The van der Waals surface area contributed by atoms with Gasteiger partial charge in [0.25, 0.3) is 0 Å². The average molecular weight is 206 g/mol. The Balaban J connectivity index is 2.48. The summed E-state index contributed by atoms with van der Waals surface area (Å²) in [4.78, 5) is 0. The lowest BCUT2D eigenvalue weighted by molar-refractivity contribution is 0.00942. The van der Waals surface area contributed by atoms with Gasteiger partial charge < -0.3 is 15.3 Å². The fourth-order valence-corrected chi connectivity index (χ4v) is 1.94. The molecule has 1 aromatic rings. The van der Waals surface area contributed by atoms with Gasteiger partial charge >= 0.3 is 0 Å². The van der Waals surface area contributed by atoms with E-state index in [1.807, 2.05) is 24.3 Å². The normalized spacial score (nSPS) is 24.6. The number of rotatable bonds is 2. The molecule has 1 aliphatic carbocycles. The largest absolute Gasteiger partial charge is 0.393 e. The van der Waals surface area contributed by atoms with Crippen LogP contribution in [0.1, 0.15) is 11.1 Å². The minimum atomic E-state index is -1.30. The Morgan fingerprint density at radius 2 is 1.93 bits per heavy atom. The van der Waals surface area contributed by atoms with E-state index in [0.717, 1.165) is 11.1 Å². The molecule has 1 unspecified atom stereocenters. The highest BCUT2D eigenvalue weighted by Gasteiger charge is 2.34. The Morgan fingerprint density at radius 1 is 1.20 bits per heavy atom. The zero-order valence-electron chi connectivity index (χ0n) is 8.35. The SMILES string of the molecule is OCC1=Cc2ccccc2CC1(O)CO. The number of hydrogen-bond acceptors (Lipinski definition) is 3. The van der Waals surface area contributed by atoms with Crippen LogP contribution in [0.3, 0.4) is 0 Å². The highest BCUT2D eigenvalue weighted by Crippen LogP contribution is 2.31. The van der Waals surface area contributed by atoms with Gasteiger partial charge in [0, 0.05) is 6.42 Å². The fourth-order valence-electron chi connectivity index (χ4n) is 1.94. The van der Waals surface area contributed by atoms with Crippen LogP contribution in [0.2, 0.25) is 0 Å². The monoisotopic (exact) mass is 206 g/mol. The second kappa shape index (κ2) is 3.77. The lowest BCUT2D eigenvalue weighted by Gasteiger charge is -2.32. The van der Waals surface area contributed by atoms with Gasteiger partial charge in [-0.05, 0) is 16.7 Å². The number of aliphatic hydroxyl groups is 3. The van der Waals surface area contributed by atoms with Crippen molar-refractivity contribution in [2.24, 2.45) is 0 Å². The van der Waals surface area contributed by atoms with Crippen LogP contribution in [0.5, 0.6) is 0 Å². The molecular weight excluding hydrogens is 192 g/mol. The van der Waals surface area contributed by atoms with Crippen LogP contribution < -0.4 is 0 Å². The minimum Gasteiger partial charge on any atom is -0.393 e. The first-order valence-electron chi connectivity index (χ1n) is 4.92. The highest BCUT2D eigenvalue weighted by molar-refractivity contribution is 5.62. The summed E-state index contributed by atoms with van der Waals surface area (Å²) in [7, 11) is 0. The molecule has 0 bridgehead atoms. The molecule has 0 saturated carbocycles. The molecular formula is C12H14O3. The van der Waals surface area contributed by atoms with Crippen LogP contribution in [0.25, 0.3) is 6.08 Å². The van der Waals surface area contributed by atoms with Gasteiger partial charge in [-0.2, -0.15) is 0 Å². The molecule has 0 aliphatic heterocycles. The Hall–Kier alpha value is -1.16. The van der Waals surface area contributed by atoms with Gasteiger partial charge in [0.15, 0.2) is 0 Å². The maximum absolute atomic E-state index is 10.1. The van der Waals surface area contributed by atoms with Crippen molar-refractivity contribution >= 4 is 6.08 Å². The molecule has 0 saturated heterocycles. The second-order valence-corrected chi connectivity index (χ2v) is 3.89. The van der Waals surface area contributed by atoms with Gasteiger partial charge in [0.1, 0.15) is 5.60 Å². The molecule has 1 atom stereocenters. The van der Waals surface area contributed by atoms with E-state index in [1.54, 1.807) is 6.08 Å². The summed E-state index contributed by atoms with van der Waals surface area (Å²) in [5, 5.41) is 28.4. The first-order valence-corrected chi connectivity index (χ1v) is 4.92.